The van der Waals surface area contributed by atoms with Crippen molar-refractivity contribution in [1.29, 1.82) is 0 Å². The molecule has 2 N–H and O–H groups in total. The Morgan fingerprint density at radius 1 is 1.18 bits per heavy atom. The third-order valence-corrected chi connectivity index (χ3v) is 3.44. The van der Waals surface area contributed by atoms with Crippen molar-refractivity contribution in [2.75, 3.05) is 25.0 Å². The zero-order chi connectivity index (χ0) is 16.5. The van der Waals surface area contributed by atoms with Gasteiger partial charge in [0.2, 0.25) is 17.7 Å². The molecule has 0 bridgehead atoms. The van der Waals surface area contributed by atoms with Crippen molar-refractivity contribution in [2.45, 2.75) is 20.3 Å². The topological polar surface area (TPSA) is 78.5 Å². The Kier molecular flexibility index (Phi) is 7.59. The lowest BCUT2D eigenvalue weighted by Gasteiger charge is -2.20. The summed E-state index contributed by atoms with van der Waals surface area (Å²) >= 11 is 3.32. The zero-order valence-corrected chi connectivity index (χ0v) is 14.3. The molecule has 0 aliphatic rings. The molecule has 3 amide bonds. The number of amides is 3. The normalized spacial score (nSPS) is 9.95. The quantitative estimate of drug-likeness (QED) is 0.768. The van der Waals surface area contributed by atoms with Crippen LogP contribution in [-0.4, -0.2) is 42.3 Å². The minimum Gasteiger partial charge on any atom is -0.356 e. The van der Waals surface area contributed by atoms with Crippen LogP contribution < -0.4 is 10.6 Å². The fourth-order valence-corrected chi connectivity index (χ4v) is 2.05. The van der Waals surface area contributed by atoms with Crippen molar-refractivity contribution < 1.29 is 14.4 Å². The number of hydrogen-bond donors (Lipinski definition) is 2. The van der Waals surface area contributed by atoms with Gasteiger partial charge >= 0.3 is 0 Å². The molecule has 0 aliphatic carbocycles. The molecule has 7 heteroatoms. The van der Waals surface area contributed by atoms with E-state index >= 15 is 0 Å². The van der Waals surface area contributed by atoms with Gasteiger partial charge in [0.05, 0.1) is 6.54 Å². The van der Waals surface area contributed by atoms with Crippen LogP contribution in [0.25, 0.3) is 0 Å². The largest absolute Gasteiger partial charge is 0.356 e. The predicted molar refractivity (Wildman–Crippen MR) is 88.3 cm³/mol. The number of carbonyl (C=O) groups is 3. The highest BCUT2D eigenvalue weighted by molar-refractivity contribution is 9.10. The van der Waals surface area contributed by atoms with Crippen molar-refractivity contribution in [3.8, 4) is 0 Å². The van der Waals surface area contributed by atoms with E-state index < -0.39 is 0 Å². The average Bonchev–Trinajstić information content (AvgIpc) is 2.46. The molecule has 0 saturated heterocycles. The molecule has 6 nitrogen and oxygen atoms in total. The van der Waals surface area contributed by atoms with Gasteiger partial charge in [0.1, 0.15) is 0 Å². The Morgan fingerprint density at radius 2 is 1.82 bits per heavy atom. The summed E-state index contributed by atoms with van der Waals surface area (Å²) in [4.78, 5) is 36.2. The zero-order valence-electron chi connectivity index (χ0n) is 12.7. The van der Waals surface area contributed by atoms with Gasteiger partial charge in [-0.15, -0.1) is 0 Å². The Hall–Kier alpha value is -1.89. The van der Waals surface area contributed by atoms with Crippen molar-refractivity contribution in [2.24, 2.45) is 0 Å². The van der Waals surface area contributed by atoms with E-state index in [2.05, 4.69) is 26.6 Å². The van der Waals surface area contributed by atoms with E-state index in [0.29, 0.717) is 12.2 Å². The molecule has 0 unspecified atom stereocenters. The van der Waals surface area contributed by atoms with E-state index in [0.717, 1.165) is 4.47 Å². The number of hydrogen-bond acceptors (Lipinski definition) is 3. The molecule has 0 atom stereocenters. The molecule has 1 aromatic rings. The number of carbonyl (C=O) groups excluding carboxylic acids is 3. The van der Waals surface area contributed by atoms with Gasteiger partial charge in [0.25, 0.3) is 0 Å². The molecular weight excluding hydrogens is 350 g/mol. The van der Waals surface area contributed by atoms with E-state index in [4.69, 9.17) is 0 Å². The van der Waals surface area contributed by atoms with Crippen LogP contribution in [0.1, 0.15) is 20.3 Å². The summed E-state index contributed by atoms with van der Waals surface area (Å²) in [6.07, 6.45) is 0.180. The van der Waals surface area contributed by atoms with Crippen LogP contribution in [0.15, 0.2) is 28.7 Å². The molecule has 0 heterocycles. The smallest absolute Gasteiger partial charge is 0.243 e. The van der Waals surface area contributed by atoms with Gasteiger partial charge in [-0.2, -0.15) is 0 Å². The van der Waals surface area contributed by atoms with Gasteiger partial charge in [-0.3, -0.25) is 14.4 Å². The first-order chi connectivity index (χ1) is 10.4. The van der Waals surface area contributed by atoms with E-state index in [1.807, 2.05) is 19.1 Å². The highest BCUT2D eigenvalue weighted by atomic mass is 79.9. The molecule has 0 saturated carbocycles. The van der Waals surface area contributed by atoms with E-state index in [-0.39, 0.29) is 37.2 Å². The Bertz CT molecular complexity index is 531. The second-order valence-corrected chi connectivity index (χ2v) is 5.61. The van der Waals surface area contributed by atoms with Crippen LogP contribution in [0.5, 0.6) is 0 Å². The number of likely N-dealkylation sites (N-methyl/N-ethyl adjacent to an activating group) is 1. The molecule has 1 rings (SSSR count). The fourth-order valence-electron chi connectivity index (χ4n) is 1.79. The fraction of sp³-hybridized carbons (Fsp3) is 0.400. The first-order valence-corrected chi connectivity index (χ1v) is 7.79. The summed E-state index contributed by atoms with van der Waals surface area (Å²) in [5.74, 6) is -0.594. The third kappa shape index (κ3) is 6.71. The van der Waals surface area contributed by atoms with Crippen molar-refractivity contribution in [1.82, 2.24) is 10.2 Å². The lowest BCUT2D eigenvalue weighted by atomic mass is 10.3. The van der Waals surface area contributed by atoms with Gasteiger partial charge in [0.15, 0.2) is 0 Å². The van der Waals surface area contributed by atoms with Crippen LogP contribution in [0.2, 0.25) is 0 Å². The SMILES string of the molecule is CCN(CC(=O)Nc1ccc(Br)cc1)C(=O)CCNC(C)=O. The summed E-state index contributed by atoms with van der Waals surface area (Å²) in [5.41, 5.74) is 0.676. The molecule has 0 aliphatic heterocycles. The summed E-state index contributed by atoms with van der Waals surface area (Å²) in [6.45, 7) is 3.91. The molecule has 0 radical (unpaired) electrons. The Labute approximate surface area is 138 Å². The summed E-state index contributed by atoms with van der Waals surface area (Å²) in [6, 6.07) is 7.20. The average molecular weight is 370 g/mol. The Morgan fingerprint density at radius 3 is 2.36 bits per heavy atom. The number of nitrogens with zero attached hydrogens (tertiary/aromatic N) is 1. The van der Waals surface area contributed by atoms with Crippen molar-refractivity contribution in [3.05, 3.63) is 28.7 Å². The lowest BCUT2D eigenvalue weighted by molar-refractivity contribution is -0.134. The molecular formula is C15H20BrN3O3. The maximum atomic E-state index is 12.0. The maximum Gasteiger partial charge on any atom is 0.243 e. The molecule has 1 aromatic carbocycles. The predicted octanol–water partition coefficient (Wildman–Crippen LogP) is 1.76. The highest BCUT2D eigenvalue weighted by Gasteiger charge is 2.15. The van der Waals surface area contributed by atoms with E-state index in [1.165, 1.54) is 11.8 Å². The molecule has 22 heavy (non-hydrogen) atoms. The van der Waals surface area contributed by atoms with E-state index in [9.17, 15) is 14.4 Å². The summed E-state index contributed by atoms with van der Waals surface area (Å²) in [5, 5.41) is 5.30. The number of anilines is 1. The minimum atomic E-state index is -0.253. The van der Waals surface area contributed by atoms with Crippen LogP contribution in [-0.2, 0) is 14.4 Å². The van der Waals surface area contributed by atoms with Gasteiger partial charge in [-0.05, 0) is 31.2 Å². The minimum absolute atomic E-state index is 0.00846. The molecule has 0 aromatic heterocycles. The highest BCUT2D eigenvalue weighted by Crippen LogP contribution is 2.14. The van der Waals surface area contributed by atoms with Crippen molar-refractivity contribution in [3.63, 3.8) is 0 Å². The third-order valence-electron chi connectivity index (χ3n) is 2.91. The monoisotopic (exact) mass is 369 g/mol. The second kappa shape index (κ2) is 9.19. The first kappa shape index (κ1) is 18.2. The summed E-state index contributed by atoms with van der Waals surface area (Å²) in [7, 11) is 0. The number of rotatable bonds is 7. The van der Waals surface area contributed by atoms with E-state index in [1.54, 1.807) is 12.1 Å². The van der Waals surface area contributed by atoms with Gasteiger partial charge in [0, 0.05) is 36.6 Å². The lowest BCUT2D eigenvalue weighted by Crippen LogP contribution is -2.39. The first-order valence-electron chi connectivity index (χ1n) is 7.00. The van der Waals surface area contributed by atoms with Gasteiger partial charge < -0.3 is 15.5 Å². The van der Waals surface area contributed by atoms with Crippen LogP contribution >= 0.6 is 15.9 Å². The van der Waals surface area contributed by atoms with Crippen LogP contribution in [0.3, 0.4) is 0 Å². The maximum absolute atomic E-state index is 12.0. The molecule has 0 spiro atoms. The van der Waals surface area contributed by atoms with Crippen molar-refractivity contribution >= 4 is 39.3 Å². The van der Waals surface area contributed by atoms with Gasteiger partial charge in [-0.25, -0.2) is 0 Å². The second-order valence-electron chi connectivity index (χ2n) is 4.70. The number of nitrogens with one attached hydrogen (secondary N) is 2. The summed E-state index contributed by atoms with van der Waals surface area (Å²) < 4.78 is 0.925. The molecule has 0 fully saturated rings. The number of halogens is 1. The van der Waals surface area contributed by atoms with Crippen LogP contribution in [0.4, 0.5) is 5.69 Å². The molecule has 120 valence electrons. The Balaban J connectivity index is 2.46. The standard InChI is InChI=1S/C15H20BrN3O3/c1-3-19(15(22)8-9-17-11(2)20)10-14(21)18-13-6-4-12(16)5-7-13/h4-7H,3,8-10H2,1-2H3,(H,17,20)(H,18,21). The number of benzene rings is 1. The van der Waals surface area contributed by atoms with Gasteiger partial charge in [-0.1, -0.05) is 15.9 Å². The van der Waals surface area contributed by atoms with Crippen LogP contribution in [0, 0.1) is 0 Å².